The Morgan fingerprint density at radius 2 is 1.71 bits per heavy atom. The molecule has 4 nitrogen and oxygen atoms in total. The van der Waals surface area contributed by atoms with Gasteiger partial charge in [-0.1, -0.05) is 18.2 Å². The Balaban J connectivity index is 2.36. The number of benzene rings is 2. The van der Waals surface area contributed by atoms with E-state index in [1.54, 1.807) is 14.2 Å². The standard InChI is InChI=1S/C16H16N2O2S/c1-10-6-4-5-7-12(10)18-13-9-15(20-3)14(19-2)8-11(13)17-16(18)21/h4-9H,1-3H3,(H,17,21). The van der Waals surface area contributed by atoms with Crippen molar-refractivity contribution in [2.45, 2.75) is 6.92 Å². The normalized spacial score (nSPS) is 10.8. The van der Waals surface area contributed by atoms with E-state index in [-0.39, 0.29) is 0 Å². The Labute approximate surface area is 127 Å². The van der Waals surface area contributed by atoms with Crippen LogP contribution in [0.15, 0.2) is 36.4 Å². The van der Waals surface area contributed by atoms with Crippen molar-refractivity contribution in [1.29, 1.82) is 0 Å². The zero-order valence-electron chi connectivity index (χ0n) is 12.1. The van der Waals surface area contributed by atoms with Crippen molar-refractivity contribution >= 4 is 23.3 Å². The summed E-state index contributed by atoms with van der Waals surface area (Å²) in [7, 11) is 3.25. The van der Waals surface area contributed by atoms with Gasteiger partial charge in [-0.05, 0) is 30.8 Å². The Kier molecular flexibility index (Phi) is 3.43. The fourth-order valence-corrected chi connectivity index (χ4v) is 2.79. The first kappa shape index (κ1) is 13.7. The summed E-state index contributed by atoms with van der Waals surface area (Å²) in [6.07, 6.45) is 0. The minimum atomic E-state index is 0.648. The molecular formula is C16H16N2O2S. The highest BCUT2D eigenvalue weighted by Crippen LogP contribution is 2.33. The molecule has 3 aromatic rings. The molecule has 0 spiro atoms. The van der Waals surface area contributed by atoms with Crippen molar-refractivity contribution in [3.63, 3.8) is 0 Å². The molecule has 2 aromatic carbocycles. The monoisotopic (exact) mass is 300 g/mol. The fraction of sp³-hybridized carbons (Fsp3) is 0.188. The van der Waals surface area contributed by atoms with Crippen molar-refractivity contribution in [3.8, 4) is 17.2 Å². The van der Waals surface area contributed by atoms with Crippen LogP contribution < -0.4 is 9.47 Å². The van der Waals surface area contributed by atoms with Gasteiger partial charge in [0.15, 0.2) is 16.3 Å². The molecule has 1 N–H and O–H groups in total. The van der Waals surface area contributed by atoms with E-state index in [2.05, 4.69) is 24.0 Å². The van der Waals surface area contributed by atoms with Gasteiger partial charge in [0.25, 0.3) is 0 Å². The predicted molar refractivity (Wildman–Crippen MR) is 86.3 cm³/mol. The number of aromatic nitrogens is 2. The Hall–Kier alpha value is -2.27. The van der Waals surface area contributed by atoms with E-state index in [0.29, 0.717) is 16.3 Å². The summed E-state index contributed by atoms with van der Waals surface area (Å²) >= 11 is 5.48. The maximum Gasteiger partial charge on any atom is 0.182 e. The number of rotatable bonds is 3. The minimum absolute atomic E-state index is 0.648. The van der Waals surface area contributed by atoms with Gasteiger partial charge in [-0.25, -0.2) is 0 Å². The third-order valence-electron chi connectivity index (χ3n) is 3.54. The van der Waals surface area contributed by atoms with Crippen LogP contribution in [-0.2, 0) is 0 Å². The maximum absolute atomic E-state index is 5.48. The molecule has 0 atom stereocenters. The Bertz CT molecular complexity index is 864. The highest BCUT2D eigenvalue weighted by atomic mass is 32.1. The second-order valence-corrected chi connectivity index (χ2v) is 5.16. The Morgan fingerprint density at radius 1 is 1.05 bits per heavy atom. The summed E-state index contributed by atoms with van der Waals surface area (Å²) in [5.41, 5.74) is 4.10. The molecule has 0 bridgehead atoms. The molecule has 1 aromatic heterocycles. The molecular weight excluding hydrogens is 284 g/mol. The first-order chi connectivity index (χ1) is 10.2. The lowest BCUT2D eigenvalue weighted by Crippen LogP contribution is -1.97. The van der Waals surface area contributed by atoms with E-state index in [0.717, 1.165) is 22.3 Å². The van der Waals surface area contributed by atoms with Gasteiger partial charge in [0.2, 0.25) is 0 Å². The molecule has 3 rings (SSSR count). The van der Waals surface area contributed by atoms with Crippen molar-refractivity contribution in [3.05, 3.63) is 46.7 Å². The molecule has 0 amide bonds. The lowest BCUT2D eigenvalue weighted by atomic mass is 10.2. The summed E-state index contributed by atoms with van der Waals surface area (Å²) < 4.78 is 13.4. The molecule has 108 valence electrons. The molecule has 0 saturated carbocycles. The number of nitrogens with zero attached hydrogens (tertiary/aromatic N) is 1. The second kappa shape index (κ2) is 5.26. The number of hydrogen-bond acceptors (Lipinski definition) is 3. The first-order valence-electron chi connectivity index (χ1n) is 6.58. The molecule has 0 saturated heterocycles. The van der Waals surface area contributed by atoms with Crippen molar-refractivity contribution < 1.29 is 9.47 Å². The lowest BCUT2D eigenvalue weighted by Gasteiger charge is -2.10. The van der Waals surface area contributed by atoms with E-state index in [4.69, 9.17) is 21.7 Å². The summed E-state index contributed by atoms with van der Waals surface area (Å²) in [5.74, 6) is 1.36. The van der Waals surface area contributed by atoms with E-state index in [9.17, 15) is 0 Å². The molecule has 21 heavy (non-hydrogen) atoms. The van der Waals surface area contributed by atoms with Crippen LogP contribution in [0.4, 0.5) is 0 Å². The summed E-state index contributed by atoms with van der Waals surface area (Å²) in [5, 5.41) is 0. The third kappa shape index (κ3) is 2.19. The minimum Gasteiger partial charge on any atom is -0.493 e. The number of fused-ring (bicyclic) bond motifs is 1. The number of ether oxygens (including phenoxy) is 2. The van der Waals surface area contributed by atoms with E-state index < -0.39 is 0 Å². The van der Waals surface area contributed by atoms with Crippen molar-refractivity contribution in [2.24, 2.45) is 0 Å². The van der Waals surface area contributed by atoms with Crippen LogP contribution in [0.3, 0.4) is 0 Å². The number of aromatic amines is 1. The number of nitrogens with one attached hydrogen (secondary N) is 1. The lowest BCUT2D eigenvalue weighted by molar-refractivity contribution is 0.355. The zero-order valence-corrected chi connectivity index (χ0v) is 13.0. The second-order valence-electron chi connectivity index (χ2n) is 4.78. The van der Waals surface area contributed by atoms with Crippen LogP contribution in [0.1, 0.15) is 5.56 Å². The van der Waals surface area contributed by atoms with E-state index >= 15 is 0 Å². The zero-order chi connectivity index (χ0) is 15.0. The first-order valence-corrected chi connectivity index (χ1v) is 6.99. The van der Waals surface area contributed by atoms with Crippen LogP contribution in [0, 0.1) is 11.7 Å². The van der Waals surface area contributed by atoms with Gasteiger partial charge in [0, 0.05) is 12.1 Å². The molecule has 0 unspecified atom stereocenters. The topological polar surface area (TPSA) is 39.2 Å². The van der Waals surface area contributed by atoms with Gasteiger partial charge >= 0.3 is 0 Å². The number of para-hydroxylation sites is 1. The molecule has 0 aliphatic carbocycles. The van der Waals surface area contributed by atoms with Crippen molar-refractivity contribution in [1.82, 2.24) is 9.55 Å². The molecule has 0 fully saturated rings. The van der Waals surface area contributed by atoms with Gasteiger partial charge in [0.05, 0.1) is 30.9 Å². The number of hydrogen-bond donors (Lipinski definition) is 1. The highest BCUT2D eigenvalue weighted by Gasteiger charge is 2.13. The van der Waals surface area contributed by atoms with Gasteiger partial charge in [-0.3, -0.25) is 4.57 Å². The van der Waals surface area contributed by atoms with Crippen LogP contribution in [0.25, 0.3) is 16.7 Å². The molecule has 1 heterocycles. The molecule has 0 aliphatic rings. The number of H-pyrrole nitrogens is 1. The van der Waals surface area contributed by atoms with Crippen LogP contribution in [0.5, 0.6) is 11.5 Å². The Morgan fingerprint density at radius 3 is 2.38 bits per heavy atom. The van der Waals surface area contributed by atoms with Gasteiger partial charge in [-0.15, -0.1) is 0 Å². The molecule has 0 radical (unpaired) electrons. The van der Waals surface area contributed by atoms with Crippen LogP contribution >= 0.6 is 12.2 Å². The van der Waals surface area contributed by atoms with Crippen LogP contribution in [0.2, 0.25) is 0 Å². The molecule has 0 aliphatic heterocycles. The smallest absolute Gasteiger partial charge is 0.182 e. The van der Waals surface area contributed by atoms with Gasteiger partial charge in [-0.2, -0.15) is 0 Å². The summed E-state index contributed by atoms with van der Waals surface area (Å²) in [6.45, 7) is 2.07. The summed E-state index contributed by atoms with van der Waals surface area (Å²) in [6, 6.07) is 12.0. The van der Waals surface area contributed by atoms with E-state index in [1.165, 1.54) is 0 Å². The average molecular weight is 300 g/mol. The highest BCUT2D eigenvalue weighted by molar-refractivity contribution is 7.71. The number of imidazole rings is 1. The fourth-order valence-electron chi connectivity index (χ4n) is 2.49. The van der Waals surface area contributed by atoms with Crippen LogP contribution in [-0.4, -0.2) is 23.8 Å². The number of aryl methyl sites for hydroxylation is 1. The average Bonchev–Trinajstić information content (AvgIpc) is 2.81. The summed E-state index contributed by atoms with van der Waals surface area (Å²) in [4.78, 5) is 3.22. The van der Waals surface area contributed by atoms with Crippen molar-refractivity contribution in [2.75, 3.05) is 14.2 Å². The third-order valence-corrected chi connectivity index (χ3v) is 3.83. The largest absolute Gasteiger partial charge is 0.493 e. The quantitative estimate of drug-likeness (QED) is 0.743. The van der Waals surface area contributed by atoms with Gasteiger partial charge in [0.1, 0.15) is 0 Å². The maximum atomic E-state index is 5.48. The van der Waals surface area contributed by atoms with E-state index in [1.807, 2.05) is 28.8 Å². The predicted octanol–water partition coefficient (Wildman–Crippen LogP) is 4.01. The van der Waals surface area contributed by atoms with Gasteiger partial charge < -0.3 is 14.5 Å². The SMILES string of the molecule is COc1cc2[nH]c(=S)n(-c3ccccc3C)c2cc1OC. The molecule has 5 heteroatoms. The number of methoxy groups -OCH3 is 2.